The molecule has 0 aromatic carbocycles. The van der Waals surface area contributed by atoms with E-state index in [-0.39, 0.29) is 0 Å². The van der Waals surface area contributed by atoms with Gasteiger partial charge in [0, 0.05) is 31.1 Å². The minimum atomic E-state index is 0.457. The molecule has 0 aromatic rings. The fraction of sp³-hybridized carbons (Fsp3) is 0.909. The molecule has 3 nitrogen and oxygen atoms in total. The van der Waals surface area contributed by atoms with Crippen LogP contribution in [0.15, 0.2) is 0 Å². The summed E-state index contributed by atoms with van der Waals surface area (Å²) < 4.78 is 0. The van der Waals surface area contributed by atoms with Gasteiger partial charge in [0.25, 0.3) is 0 Å². The largest absolute Gasteiger partial charge is 0.309 e. The SMILES string of the molecule is CC(C)N1CCCC2(CN(C#N)C2)C1. The molecule has 2 fully saturated rings. The first-order chi connectivity index (χ1) is 6.65. The van der Waals surface area contributed by atoms with Crippen molar-refractivity contribution >= 4 is 0 Å². The standard InChI is InChI=1S/C11H19N3/c1-10(2)14-5-3-4-11(8-14)6-13(7-11)9-12/h10H,3-8H2,1-2H3. The van der Waals surface area contributed by atoms with E-state index in [0.717, 1.165) is 13.1 Å². The summed E-state index contributed by atoms with van der Waals surface area (Å²) in [5.41, 5.74) is 0.457. The second-order valence-corrected chi connectivity index (χ2v) is 5.12. The highest BCUT2D eigenvalue weighted by molar-refractivity contribution is 5.03. The van der Waals surface area contributed by atoms with Gasteiger partial charge in [-0.2, -0.15) is 5.26 Å². The molecule has 0 atom stereocenters. The molecular formula is C11H19N3. The summed E-state index contributed by atoms with van der Waals surface area (Å²) in [6.07, 6.45) is 4.85. The van der Waals surface area contributed by atoms with Gasteiger partial charge in [-0.25, -0.2) is 0 Å². The van der Waals surface area contributed by atoms with E-state index in [1.165, 1.54) is 25.9 Å². The normalized spacial score (nSPS) is 26.3. The summed E-state index contributed by atoms with van der Waals surface area (Å²) in [6, 6.07) is 0.656. The van der Waals surface area contributed by atoms with Crippen LogP contribution >= 0.6 is 0 Å². The van der Waals surface area contributed by atoms with Gasteiger partial charge in [-0.15, -0.1) is 0 Å². The van der Waals surface area contributed by atoms with Crippen LogP contribution in [0.3, 0.4) is 0 Å². The number of likely N-dealkylation sites (tertiary alicyclic amines) is 2. The Morgan fingerprint density at radius 1 is 1.29 bits per heavy atom. The molecule has 2 aliphatic heterocycles. The number of hydrogen-bond donors (Lipinski definition) is 0. The van der Waals surface area contributed by atoms with E-state index in [2.05, 4.69) is 24.9 Å². The molecule has 1 spiro atoms. The van der Waals surface area contributed by atoms with Crippen LogP contribution in [0.25, 0.3) is 0 Å². The monoisotopic (exact) mass is 193 g/mol. The van der Waals surface area contributed by atoms with Crippen molar-refractivity contribution in [3.05, 3.63) is 0 Å². The number of piperidine rings is 1. The first kappa shape index (κ1) is 9.79. The summed E-state index contributed by atoms with van der Waals surface area (Å²) in [7, 11) is 0. The summed E-state index contributed by atoms with van der Waals surface area (Å²) >= 11 is 0. The Kier molecular flexibility index (Phi) is 2.40. The van der Waals surface area contributed by atoms with Gasteiger partial charge in [-0.3, -0.25) is 0 Å². The van der Waals surface area contributed by atoms with Crippen LogP contribution in [0.2, 0.25) is 0 Å². The molecule has 0 aromatic heterocycles. The molecule has 0 aliphatic carbocycles. The Hall–Kier alpha value is -0.750. The number of rotatable bonds is 1. The third-order valence-corrected chi connectivity index (χ3v) is 3.62. The van der Waals surface area contributed by atoms with Crippen LogP contribution in [0.5, 0.6) is 0 Å². The van der Waals surface area contributed by atoms with E-state index in [9.17, 15) is 0 Å². The van der Waals surface area contributed by atoms with Crippen LogP contribution in [0.1, 0.15) is 26.7 Å². The zero-order valence-corrected chi connectivity index (χ0v) is 9.16. The lowest BCUT2D eigenvalue weighted by atomic mass is 9.73. The van der Waals surface area contributed by atoms with E-state index in [4.69, 9.17) is 5.26 Å². The molecular weight excluding hydrogens is 174 g/mol. The maximum Gasteiger partial charge on any atom is 0.179 e. The van der Waals surface area contributed by atoms with Gasteiger partial charge in [0.1, 0.15) is 0 Å². The molecule has 78 valence electrons. The summed E-state index contributed by atoms with van der Waals surface area (Å²) in [5, 5.41) is 8.74. The quantitative estimate of drug-likeness (QED) is 0.588. The van der Waals surface area contributed by atoms with Gasteiger partial charge in [-0.1, -0.05) is 0 Å². The van der Waals surface area contributed by atoms with Gasteiger partial charge < -0.3 is 9.80 Å². The van der Waals surface area contributed by atoms with Crippen molar-refractivity contribution in [3.63, 3.8) is 0 Å². The molecule has 0 amide bonds. The molecule has 3 heteroatoms. The second-order valence-electron chi connectivity index (χ2n) is 5.12. The van der Waals surface area contributed by atoms with Gasteiger partial charge in [-0.05, 0) is 33.2 Å². The lowest BCUT2D eigenvalue weighted by Gasteiger charge is -2.53. The molecule has 0 radical (unpaired) electrons. The van der Waals surface area contributed by atoms with Gasteiger partial charge in [0.15, 0.2) is 6.19 Å². The van der Waals surface area contributed by atoms with Crippen molar-refractivity contribution in [1.29, 1.82) is 5.26 Å². The van der Waals surface area contributed by atoms with Crippen LogP contribution in [-0.4, -0.2) is 42.0 Å². The Morgan fingerprint density at radius 2 is 2.00 bits per heavy atom. The first-order valence-electron chi connectivity index (χ1n) is 5.54. The lowest BCUT2D eigenvalue weighted by molar-refractivity contribution is -0.0333. The fourth-order valence-corrected chi connectivity index (χ4v) is 2.78. The Balaban J connectivity index is 1.93. The maximum atomic E-state index is 8.74. The van der Waals surface area contributed by atoms with Gasteiger partial charge >= 0.3 is 0 Å². The minimum absolute atomic E-state index is 0.457. The second kappa shape index (κ2) is 3.43. The average Bonchev–Trinajstić information content (AvgIpc) is 2.14. The Morgan fingerprint density at radius 3 is 2.57 bits per heavy atom. The van der Waals surface area contributed by atoms with Gasteiger partial charge in [0.2, 0.25) is 0 Å². The van der Waals surface area contributed by atoms with Crippen molar-refractivity contribution in [3.8, 4) is 6.19 Å². The number of nitrogens with zero attached hydrogens (tertiary/aromatic N) is 3. The smallest absolute Gasteiger partial charge is 0.179 e. The topological polar surface area (TPSA) is 30.3 Å². The fourth-order valence-electron chi connectivity index (χ4n) is 2.78. The molecule has 2 rings (SSSR count). The van der Waals surface area contributed by atoms with E-state index >= 15 is 0 Å². The third kappa shape index (κ3) is 1.59. The molecule has 2 heterocycles. The first-order valence-corrected chi connectivity index (χ1v) is 5.54. The van der Waals surface area contributed by atoms with E-state index in [1.807, 2.05) is 4.90 Å². The van der Waals surface area contributed by atoms with E-state index in [1.54, 1.807) is 0 Å². The minimum Gasteiger partial charge on any atom is -0.309 e. The predicted octanol–water partition coefficient (Wildman–Crippen LogP) is 1.27. The molecule has 0 saturated carbocycles. The zero-order valence-electron chi connectivity index (χ0n) is 9.16. The Labute approximate surface area is 86.3 Å². The zero-order chi connectivity index (χ0) is 10.2. The van der Waals surface area contributed by atoms with Crippen molar-refractivity contribution in [2.45, 2.75) is 32.7 Å². The molecule has 0 unspecified atom stereocenters. The summed E-state index contributed by atoms with van der Waals surface area (Å²) in [4.78, 5) is 4.43. The summed E-state index contributed by atoms with van der Waals surface area (Å²) in [5.74, 6) is 0. The highest BCUT2D eigenvalue weighted by atomic mass is 15.3. The maximum absolute atomic E-state index is 8.74. The molecule has 0 bridgehead atoms. The number of hydrogen-bond acceptors (Lipinski definition) is 3. The van der Waals surface area contributed by atoms with Crippen LogP contribution in [0, 0.1) is 16.9 Å². The highest BCUT2D eigenvalue weighted by Gasteiger charge is 2.45. The molecule has 14 heavy (non-hydrogen) atoms. The van der Waals surface area contributed by atoms with Gasteiger partial charge in [0.05, 0.1) is 0 Å². The van der Waals surface area contributed by atoms with E-state index in [0.29, 0.717) is 11.5 Å². The highest BCUT2D eigenvalue weighted by Crippen LogP contribution is 2.38. The Bertz CT molecular complexity index is 248. The number of nitriles is 1. The van der Waals surface area contributed by atoms with Crippen LogP contribution in [-0.2, 0) is 0 Å². The third-order valence-electron chi connectivity index (χ3n) is 3.62. The lowest BCUT2D eigenvalue weighted by Crippen LogP contribution is -2.62. The van der Waals surface area contributed by atoms with E-state index < -0.39 is 0 Å². The van der Waals surface area contributed by atoms with Crippen molar-refractivity contribution in [2.75, 3.05) is 26.2 Å². The van der Waals surface area contributed by atoms with Crippen LogP contribution in [0.4, 0.5) is 0 Å². The van der Waals surface area contributed by atoms with Crippen molar-refractivity contribution in [1.82, 2.24) is 9.80 Å². The predicted molar refractivity (Wildman–Crippen MR) is 55.6 cm³/mol. The van der Waals surface area contributed by atoms with Crippen molar-refractivity contribution < 1.29 is 0 Å². The molecule has 0 N–H and O–H groups in total. The summed E-state index contributed by atoms with van der Waals surface area (Å²) in [6.45, 7) is 8.95. The van der Waals surface area contributed by atoms with Crippen molar-refractivity contribution in [2.24, 2.45) is 5.41 Å². The molecule has 2 saturated heterocycles. The molecule has 2 aliphatic rings. The average molecular weight is 193 g/mol. The van der Waals surface area contributed by atoms with Crippen LogP contribution < -0.4 is 0 Å².